The zero-order valence-corrected chi connectivity index (χ0v) is 15.7. The number of amides is 2. The molecule has 28 heavy (non-hydrogen) atoms. The molecule has 1 N–H and O–H groups in total. The van der Waals surface area contributed by atoms with E-state index in [1.165, 1.54) is 40.2 Å². The Morgan fingerprint density at radius 3 is 2.61 bits per heavy atom. The highest BCUT2D eigenvalue weighted by atomic mass is 35.5. The molecule has 2 aromatic heterocycles. The van der Waals surface area contributed by atoms with Crippen LogP contribution in [0.5, 0.6) is 0 Å². The van der Waals surface area contributed by atoms with E-state index in [1.807, 2.05) is 0 Å². The van der Waals surface area contributed by atoms with Crippen molar-refractivity contribution in [1.82, 2.24) is 25.0 Å². The van der Waals surface area contributed by atoms with E-state index in [9.17, 15) is 14.0 Å². The van der Waals surface area contributed by atoms with E-state index in [0.29, 0.717) is 22.0 Å². The van der Waals surface area contributed by atoms with Crippen LogP contribution in [0.1, 0.15) is 10.5 Å². The first-order valence-electron chi connectivity index (χ1n) is 8.14. The lowest BCUT2D eigenvalue weighted by Crippen LogP contribution is -2.30. The molecule has 0 bridgehead atoms. The number of aromatic nitrogens is 3. The number of hydrogen-bond donors (Lipinski definition) is 1. The maximum absolute atomic E-state index is 13.9. The molecule has 3 aromatic rings. The normalized spacial score (nSPS) is 13.7. The van der Waals surface area contributed by atoms with Crippen LogP contribution >= 0.6 is 23.2 Å². The molecule has 1 fully saturated rings. The molecule has 1 saturated heterocycles. The Morgan fingerprint density at radius 2 is 1.93 bits per heavy atom. The molecule has 7 nitrogen and oxygen atoms in total. The second-order valence-electron chi connectivity index (χ2n) is 6.11. The van der Waals surface area contributed by atoms with E-state index >= 15 is 0 Å². The van der Waals surface area contributed by atoms with Crippen molar-refractivity contribution in [3.05, 3.63) is 64.3 Å². The van der Waals surface area contributed by atoms with E-state index in [-0.39, 0.29) is 29.8 Å². The Bertz CT molecular complexity index is 1080. The van der Waals surface area contributed by atoms with Crippen LogP contribution in [0.15, 0.2) is 42.7 Å². The maximum Gasteiger partial charge on any atom is 0.276 e. The summed E-state index contributed by atoms with van der Waals surface area (Å²) >= 11 is 12.0. The van der Waals surface area contributed by atoms with Crippen LogP contribution in [0.3, 0.4) is 0 Å². The van der Waals surface area contributed by atoms with Gasteiger partial charge in [0.15, 0.2) is 5.69 Å². The van der Waals surface area contributed by atoms with Crippen LogP contribution in [0.2, 0.25) is 10.0 Å². The van der Waals surface area contributed by atoms with Gasteiger partial charge in [0.2, 0.25) is 5.91 Å². The summed E-state index contributed by atoms with van der Waals surface area (Å²) in [6, 6.07) is 7.15. The number of carbonyl (C=O) groups is 2. The molecule has 0 spiro atoms. The summed E-state index contributed by atoms with van der Waals surface area (Å²) in [7, 11) is 0. The Labute approximate surface area is 168 Å². The highest BCUT2D eigenvalue weighted by Crippen LogP contribution is 2.28. The van der Waals surface area contributed by atoms with Gasteiger partial charge < -0.3 is 10.2 Å². The van der Waals surface area contributed by atoms with E-state index in [2.05, 4.69) is 15.4 Å². The molecule has 0 unspecified atom stereocenters. The number of hydrogen-bond acceptors (Lipinski definition) is 4. The highest BCUT2D eigenvalue weighted by Gasteiger charge is 2.27. The third kappa shape index (κ3) is 3.56. The van der Waals surface area contributed by atoms with Gasteiger partial charge >= 0.3 is 0 Å². The highest BCUT2D eigenvalue weighted by molar-refractivity contribution is 6.31. The number of nitrogens with one attached hydrogen (secondary N) is 1. The van der Waals surface area contributed by atoms with Crippen molar-refractivity contribution in [3.63, 3.8) is 0 Å². The van der Waals surface area contributed by atoms with Crippen LogP contribution in [0.4, 0.5) is 4.39 Å². The van der Waals surface area contributed by atoms with Crippen LogP contribution in [-0.4, -0.2) is 44.7 Å². The first-order chi connectivity index (χ1) is 13.4. The van der Waals surface area contributed by atoms with Crippen molar-refractivity contribution in [2.24, 2.45) is 0 Å². The largest absolute Gasteiger partial charge is 0.337 e. The average Bonchev–Trinajstić information content (AvgIpc) is 3.27. The van der Waals surface area contributed by atoms with E-state index in [1.54, 1.807) is 12.1 Å². The summed E-state index contributed by atoms with van der Waals surface area (Å²) in [5, 5.41) is 7.49. The van der Waals surface area contributed by atoms with Gasteiger partial charge in [-0.2, -0.15) is 5.10 Å². The average molecular weight is 420 g/mol. The Morgan fingerprint density at radius 1 is 1.11 bits per heavy atom. The fourth-order valence-corrected chi connectivity index (χ4v) is 3.27. The van der Waals surface area contributed by atoms with Crippen molar-refractivity contribution in [3.8, 4) is 16.9 Å². The summed E-state index contributed by atoms with van der Waals surface area (Å²) in [5.74, 6) is -1.21. The zero-order chi connectivity index (χ0) is 19.8. The fourth-order valence-electron chi connectivity index (χ4n) is 2.88. The van der Waals surface area contributed by atoms with Gasteiger partial charge in [0.25, 0.3) is 5.91 Å². The predicted molar refractivity (Wildman–Crippen MR) is 101 cm³/mol. The third-order valence-corrected chi connectivity index (χ3v) is 4.54. The Balaban J connectivity index is 1.84. The van der Waals surface area contributed by atoms with E-state index in [0.717, 1.165) is 0 Å². The van der Waals surface area contributed by atoms with Crippen molar-refractivity contribution < 1.29 is 14.0 Å². The van der Waals surface area contributed by atoms with Crippen molar-refractivity contribution in [2.75, 3.05) is 13.2 Å². The number of pyridine rings is 1. The molecular weight excluding hydrogens is 408 g/mol. The maximum atomic E-state index is 13.9. The molecule has 10 heteroatoms. The number of rotatable bonds is 3. The van der Waals surface area contributed by atoms with Crippen LogP contribution in [-0.2, 0) is 4.79 Å². The van der Waals surface area contributed by atoms with Gasteiger partial charge in [0.05, 0.1) is 29.3 Å². The van der Waals surface area contributed by atoms with Crippen LogP contribution in [0, 0.1) is 5.82 Å². The molecule has 0 aliphatic carbocycles. The number of nitrogens with zero attached hydrogens (tertiary/aromatic N) is 4. The fraction of sp³-hybridized carbons (Fsp3) is 0.111. The molecule has 0 atom stereocenters. The lowest BCUT2D eigenvalue weighted by atomic mass is 10.1. The summed E-state index contributed by atoms with van der Waals surface area (Å²) in [6.45, 7) is 0.0515. The molecule has 1 aromatic carbocycles. The molecule has 1 aliphatic rings. The lowest BCUT2D eigenvalue weighted by molar-refractivity contribution is -0.118. The van der Waals surface area contributed by atoms with Gasteiger partial charge in [-0.05, 0) is 30.3 Å². The Hall–Kier alpha value is -2.97. The van der Waals surface area contributed by atoms with E-state index in [4.69, 9.17) is 23.2 Å². The number of halogens is 3. The first kappa shape index (κ1) is 18.4. The molecule has 2 amide bonds. The molecule has 4 rings (SSSR count). The third-order valence-electron chi connectivity index (χ3n) is 4.11. The van der Waals surface area contributed by atoms with Crippen LogP contribution in [0.25, 0.3) is 16.9 Å². The summed E-state index contributed by atoms with van der Waals surface area (Å²) in [4.78, 5) is 29.5. The Kier molecular flexibility index (Phi) is 4.74. The smallest absolute Gasteiger partial charge is 0.276 e. The first-order valence-corrected chi connectivity index (χ1v) is 8.90. The van der Waals surface area contributed by atoms with Gasteiger partial charge in [-0.15, -0.1) is 0 Å². The monoisotopic (exact) mass is 419 g/mol. The van der Waals surface area contributed by atoms with Crippen LogP contribution < -0.4 is 5.32 Å². The molecule has 142 valence electrons. The van der Waals surface area contributed by atoms with Gasteiger partial charge in [-0.1, -0.05) is 23.2 Å². The van der Waals surface area contributed by atoms with Gasteiger partial charge in [0.1, 0.15) is 12.4 Å². The summed E-state index contributed by atoms with van der Waals surface area (Å²) in [5.41, 5.74) is 1.42. The van der Waals surface area contributed by atoms with Crippen molar-refractivity contribution >= 4 is 35.0 Å². The quantitative estimate of drug-likeness (QED) is 0.707. The summed E-state index contributed by atoms with van der Waals surface area (Å²) < 4.78 is 15.3. The van der Waals surface area contributed by atoms with Gasteiger partial charge in [-0.3, -0.25) is 14.6 Å². The minimum Gasteiger partial charge on any atom is -0.337 e. The molecule has 0 saturated carbocycles. The summed E-state index contributed by atoms with van der Waals surface area (Å²) in [6.07, 6.45) is 2.97. The SMILES string of the molecule is O=C1CN(C(=O)c2cc(-c3cc(F)cc(Cl)c3)n(-c3cncc(Cl)c3)n2)CN1. The predicted octanol–water partition coefficient (Wildman–Crippen LogP) is 2.91. The van der Waals surface area contributed by atoms with Gasteiger partial charge in [0, 0.05) is 16.8 Å². The number of benzene rings is 1. The molecule has 0 radical (unpaired) electrons. The topological polar surface area (TPSA) is 80.1 Å². The minimum atomic E-state index is -0.526. The molecule has 3 heterocycles. The second kappa shape index (κ2) is 7.21. The minimum absolute atomic E-state index is 0.0501. The van der Waals surface area contributed by atoms with Crippen molar-refractivity contribution in [2.45, 2.75) is 0 Å². The molecule has 1 aliphatic heterocycles. The van der Waals surface area contributed by atoms with Gasteiger partial charge in [-0.25, -0.2) is 9.07 Å². The van der Waals surface area contributed by atoms with Crippen molar-refractivity contribution in [1.29, 1.82) is 0 Å². The lowest BCUT2D eigenvalue weighted by Gasteiger charge is -2.10. The number of carbonyl (C=O) groups excluding carboxylic acids is 2. The van der Waals surface area contributed by atoms with E-state index < -0.39 is 11.7 Å². The second-order valence-corrected chi connectivity index (χ2v) is 6.98. The standard InChI is InChI=1S/C18H12Cl2FN5O2/c19-11-1-10(2-13(21)3-11)16-5-15(18(28)25-8-17(27)23-9-25)24-26(16)14-4-12(20)6-22-7-14/h1-7H,8-9H2,(H,23,27). The zero-order valence-electron chi connectivity index (χ0n) is 14.2. The molecular formula is C18H12Cl2FN5O2.